The highest BCUT2D eigenvalue weighted by Gasteiger charge is 2.41. The first kappa shape index (κ1) is 34.6. The number of halogens is 1. The van der Waals surface area contributed by atoms with Crippen LogP contribution < -0.4 is 4.90 Å². The predicted molar refractivity (Wildman–Crippen MR) is 194 cm³/mol. The molecule has 5 nitrogen and oxygen atoms in total. The summed E-state index contributed by atoms with van der Waals surface area (Å²) in [5.41, 5.74) is 6.73. The molecule has 0 N–H and O–H groups in total. The van der Waals surface area contributed by atoms with E-state index in [1.165, 1.54) is 22.5 Å². The van der Waals surface area contributed by atoms with Crippen LogP contribution in [0.2, 0.25) is 0 Å². The van der Waals surface area contributed by atoms with Crippen molar-refractivity contribution in [2.24, 2.45) is 11.3 Å². The van der Waals surface area contributed by atoms with Crippen LogP contribution in [0.1, 0.15) is 73.3 Å². The van der Waals surface area contributed by atoms with Crippen LogP contribution in [0, 0.1) is 45.3 Å². The van der Waals surface area contributed by atoms with Crippen LogP contribution in [0.15, 0.2) is 129 Å². The normalized spacial score (nSPS) is 23.2. The van der Waals surface area contributed by atoms with Gasteiger partial charge in [0, 0.05) is 33.9 Å². The van der Waals surface area contributed by atoms with Crippen LogP contribution in [-0.4, -0.2) is 12.1 Å². The minimum atomic E-state index is -0.894. The van der Waals surface area contributed by atoms with E-state index in [4.69, 9.17) is 16.3 Å². The van der Waals surface area contributed by atoms with Crippen LogP contribution >= 0.6 is 11.6 Å². The number of nitrogens with zero attached hydrogens (tertiary/aromatic N) is 4. The van der Waals surface area contributed by atoms with Gasteiger partial charge in [0.25, 0.3) is 0 Å². The maximum absolute atomic E-state index is 10.0. The number of benzene rings is 1. The molecule has 0 fully saturated rings. The zero-order chi connectivity index (χ0) is 34.9. The number of nitriles is 3. The molecule has 2 aliphatic carbocycles. The van der Waals surface area contributed by atoms with Crippen molar-refractivity contribution in [3.63, 3.8) is 0 Å². The van der Waals surface area contributed by atoms with Crippen LogP contribution in [0.25, 0.3) is 0 Å². The predicted octanol–water partition coefficient (Wildman–Crippen LogP) is 10.5. The highest BCUT2D eigenvalue weighted by Crippen LogP contribution is 2.49. The van der Waals surface area contributed by atoms with Crippen LogP contribution in [0.5, 0.6) is 0 Å². The van der Waals surface area contributed by atoms with Gasteiger partial charge in [-0.15, -0.1) is 0 Å². The summed E-state index contributed by atoms with van der Waals surface area (Å²) in [5, 5.41) is 29.7. The molecule has 244 valence electrons. The highest BCUT2D eigenvalue weighted by molar-refractivity contribution is 6.32. The molecule has 2 heterocycles. The lowest BCUT2D eigenvalue weighted by atomic mass is 9.70. The first-order valence-corrected chi connectivity index (χ1v) is 16.9. The minimum Gasteiger partial charge on any atom is -0.480 e. The Balaban J connectivity index is 1.60. The summed E-state index contributed by atoms with van der Waals surface area (Å²) in [6.07, 6.45) is 21.6. The zero-order valence-corrected chi connectivity index (χ0v) is 29.7. The second kappa shape index (κ2) is 13.4. The molecule has 0 radical (unpaired) electrons. The maximum atomic E-state index is 10.0. The Kier molecular flexibility index (Phi) is 9.65. The lowest BCUT2D eigenvalue weighted by molar-refractivity contribution is 0.0954. The molecule has 0 spiro atoms. The summed E-state index contributed by atoms with van der Waals surface area (Å²) in [4.78, 5) is 2.45. The van der Waals surface area contributed by atoms with E-state index in [0.29, 0.717) is 16.5 Å². The molecule has 48 heavy (non-hydrogen) atoms. The van der Waals surface area contributed by atoms with E-state index in [9.17, 15) is 15.8 Å². The van der Waals surface area contributed by atoms with Crippen molar-refractivity contribution < 1.29 is 4.74 Å². The third-order valence-corrected chi connectivity index (χ3v) is 10.4. The zero-order valence-electron chi connectivity index (χ0n) is 29.0. The summed E-state index contributed by atoms with van der Waals surface area (Å²) in [5.74, 6) is 0.368. The van der Waals surface area contributed by atoms with Gasteiger partial charge in [-0.05, 0) is 78.9 Å². The molecule has 0 aromatic heterocycles. The quantitative estimate of drug-likeness (QED) is 0.295. The number of para-hydroxylation sites is 1. The van der Waals surface area contributed by atoms with E-state index in [2.05, 4.69) is 112 Å². The second-order valence-corrected chi connectivity index (χ2v) is 15.3. The molecule has 1 unspecified atom stereocenters. The number of fused-ring (bicyclic) bond motifs is 1. The molecule has 1 aromatic carbocycles. The summed E-state index contributed by atoms with van der Waals surface area (Å²) >= 11 is 7.26. The average Bonchev–Trinajstić information content (AvgIpc) is 3.24. The van der Waals surface area contributed by atoms with Crippen molar-refractivity contribution in [1.29, 1.82) is 15.8 Å². The topological polar surface area (TPSA) is 83.8 Å². The lowest BCUT2D eigenvalue weighted by Crippen LogP contribution is -2.28. The number of rotatable bonds is 5. The average molecular weight is 655 g/mol. The Hall–Kier alpha value is -4.76. The van der Waals surface area contributed by atoms with Gasteiger partial charge < -0.3 is 9.64 Å². The molecular weight excluding hydrogens is 612 g/mol. The summed E-state index contributed by atoms with van der Waals surface area (Å²) in [6, 6.07) is 14.6. The van der Waals surface area contributed by atoms with E-state index >= 15 is 0 Å². The molecule has 1 aromatic rings. The highest BCUT2D eigenvalue weighted by atomic mass is 35.5. The van der Waals surface area contributed by atoms with E-state index in [1.807, 2.05) is 38.1 Å². The fraction of sp³-hybridized carbons (Fsp3) is 0.357. The Morgan fingerprint density at radius 2 is 1.73 bits per heavy atom. The van der Waals surface area contributed by atoms with E-state index < -0.39 is 5.60 Å². The van der Waals surface area contributed by atoms with Gasteiger partial charge in [-0.1, -0.05) is 113 Å². The van der Waals surface area contributed by atoms with Gasteiger partial charge in [-0.3, -0.25) is 0 Å². The van der Waals surface area contributed by atoms with Gasteiger partial charge in [-0.2, -0.15) is 15.8 Å². The molecule has 5 rings (SSSR count). The number of anilines is 1. The van der Waals surface area contributed by atoms with Crippen LogP contribution in [0.4, 0.5) is 5.69 Å². The van der Waals surface area contributed by atoms with E-state index in [1.54, 1.807) is 0 Å². The van der Waals surface area contributed by atoms with Gasteiger partial charge >= 0.3 is 0 Å². The Labute approximate surface area is 291 Å². The van der Waals surface area contributed by atoms with Gasteiger partial charge in [0.1, 0.15) is 29.4 Å². The molecule has 4 aliphatic rings. The summed E-state index contributed by atoms with van der Waals surface area (Å²) in [7, 11) is 0. The number of hydrogen-bond donors (Lipinski definition) is 0. The fourth-order valence-electron chi connectivity index (χ4n) is 6.98. The smallest absolute Gasteiger partial charge is 0.172 e. The number of allylic oxidation sites excluding steroid dienone is 14. The lowest BCUT2D eigenvalue weighted by Gasteiger charge is -2.36. The van der Waals surface area contributed by atoms with Crippen molar-refractivity contribution in [3.8, 4) is 18.2 Å². The summed E-state index contributed by atoms with van der Waals surface area (Å²) < 4.78 is 5.99. The molecule has 2 aliphatic heterocycles. The molecule has 6 heteroatoms. The number of ether oxygens (including phenoxy) is 1. The maximum Gasteiger partial charge on any atom is 0.172 e. The first-order valence-electron chi connectivity index (χ1n) is 16.5. The minimum absolute atomic E-state index is 0.0298. The molecule has 0 saturated heterocycles. The Morgan fingerprint density at radius 3 is 2.42 bits per heavy atom. The molecule has 1 atom stereocenters. The van der Waals surface area contributed by atoms with Crippen molar-refractivity contribution in [2.45, 2.75) is 78.7 Å². The van der Waals surface area contributed by atoms with E-state index in [-0.39, 0.29) is 27.7 Å². The molecule has 0 bridgehead atoms. The SMILES string of the molecule is CC1(C)OC(=C(C#N)C#N)C(C#N)=C1/C=C/C1=C(Cl)C(=C/C=C2/N(CC3=CC=CC=CC3)c3ccccc3C2(C)C)/CC(C(C)(C)C)C1. The van der Waals surface area contributed by atoms with Crippen molar-refractivity contribution in [3.05, 3.63) is 134 Å². The monoisotopic (exact) mass is 654 g/mol. The third kappa shape index (κ3) is 6.65. The van der Waals surface area contributed by atoms with Crippen molar-refractivity contribution in [1.82, 2.24) is 0 Å². The third-order valence-electron chi connectivity index (χ3n) is 9.91. The Bertz CT molecular complexity index is 1910. The van der Waals surface area contributed by atoms with E-state index in [0.717, 1.165) is 37.0 Å². The number of hydrogen-bond acceptors (Lipinski definition) is 5. The van der Waals surface area contributed by atoms with Gasteiger partial charge in [0.2, 0.25) is 0 Å². The fourth-order valence-corrected chi connectivity index (χ4v) is 7.26. The standard InChI is InChI=1S/C42H43ClN4O/c1-40(2,3)32-22-29(18-20-34-33(26-46)39(31(24-44)25-45)48-42(34,6)7)38(43)30(23-32)19-21-37-41(4,5)35-16-12-13-17-36(35)47(37)27-28-14-10-8-9-11-15-28/h8-14,16-21,32H,15,22-23,27H2,1-7H3/b20-18+,30-19+,37-21+. The summed E-state index contributed by atoms with van der Waals surface area (Å²) in [6.45, 7) is 15.9. The van der Waals surface area contributed by atoms with Crippen LogP contribution in [0.3, 0.4) is 0 Å². The first-order chi connectivity index (χ1) is 22.7. The molecule has 0 saturated carbocycles. The van der Waals surface area contributed by atoms with Crippen LogP contribution in [-0.2, 0) is 10.2 Å². The second-order valence-electron chi connectivity index (χ2n) is 14.9. The van der Waals surface area contributed by atoms with Gasteiger partial charge in [-0.25, -0.2) is 0 Å². The van der Waals surface area contributed by atoms with Gasteiger partial charge in [0.05, 0.1) is 0 Å². The Morgan fingerprint density at radius 1 is 1.00 bits per heavy atom. The largest absolute Gasteiger partial charge is 0.480 e. The van der Waals surface area contributed by atoms with Crippen molar-refractivity contribution >= 4 is 17.3 Å². The molecular formula is C42H43ClN4O. The molecule has 0 amide bonds. The van der Waals surface area contributed by atoms with Gasteiger partial charge in [0.15, 0.2) is 11.3 Å². The van der Waals surface area contributed by atoms with Crippen molar-refractivity contribution in [2.75, 3.05) is 11.4 Å².